The highest BCUT2D eigenvalue weighted by atomic mass is 19.3. The molecular weight excluding hydrogens is 398 g/mol. The number of ether oxygens (including phenoxy) is 2. The Labute approximate surface area is 183 Å². The van der Waals surface area contributed by atoms with Gasteiger partial charge in [0.2, 0.25) is 0 Å². The van der Waals surface area contributed by atoms with Gasteiger partial charge in [0.1, 0.15) is 11.5 Å². The lowest BCUT2D eigenvalue weighted by atomic mass is 9.80. The van der Waals surface area contributed by atoms with Crippen molar-refractivity contribution >= 4 is 5.97 Å². The fraction of sp³-hybridized carbons (Fsp3) is 0.500. The van der Waals surface area contributed by atoms with Crippen LogP contribution in [0.1, 0.15) is 64.7 Å². The first-order chi connectivity index (χ1) is 15.0. The van der Waals surface area contributed by atoms with Crippen molar-refractivity contribution in [1.29, 1.82) is 0 Å². The van der Waals surface area contributed by atoms with Crippen molar-refractivity contribution in [2.24, 2.45) is 11.8 Å². The third-order valence-electron chi connectivity index (χ3n) is 6.13. The van der Waals surface area contributed by atoms with E-state index in [9.17, 15) is 13.6 Å². The summed E-state index contributed by atoms with van der Waals surface area (Å²) in [4.78, 5) is 12.6. The Morgan fingerprint density at radius 3 is 2.00 bits per heavy atom. The number of unbranched alkanes of at least 4 members (excludes halogenated alkanes) is 3. The summed E-state index contributed by atoms with van der Waals surface area (Å²) < 4.78 is 34.5. The van der Waals surface area contributed by atoms with Crippen molar-refractivity contribution in [2.75, 3.05) is 0 Å². The van der Waals surface area contributed by atoms with Gasteiger partial charge in [0.05, 0.1) is 5.92 Å². The summed E-state index contributed by atoms with van der Waals surface area (Å²) in [5.41, 5.74) is 1.78. The highest BCUT2D eigenvalue weighted by molar-refractivity contribution is 5.75. The summed E-state index contributed by atoms with van der Waals surface area (Å²) in [5, 5.41) is 0. The molecule has 0 radical (unpaired) electrons. The predicted molar refractivity (Wildman–Crippen MR) is 118 cm³/mol. The lowest BCUT2D eigenvalue weighted by Crippen LogP contribution is -2.25. The molecule has 0 unspecified atom stereocenters. The monoisotopic (exact) mass is 430 g/mol. The van der Waals surface area contributed by atoms with Gasteiger partial charge in [0.15, 0.2) is 0 Å². The van der Waals surface area contributed by atoms with E-state index >= 15 is 0 Å². The zero-order chi connectivity index (χ0) is 22.1. The van der Waals surface area contributed by atoms with Crippen molar-refractivity contribution in [3.05, 3.63) is 48.5 Å². The summed E-state index contributed by atoms with van der Waals surface area (Å²) in [7, 11) is 0. The van der Waals surface area contributed by atoms with E-state index in [2.05, 4.69) is 11.7 Å². The topological polar surface area (TPSA) is 35.5 Å². The molecule has 168 valence electrons. The van der Waals surface area contributed by atoms with Crippen LogP contribution in [0.4, 0.5) is 8.78 Å². The van der Waals surface area contributed by atoms with Gasteiger partial charge in [-0.15, -0.1) is 0 Å². The van der Waals surface area contributed by atoms with Crippen molar-refractivity contribution in [3.8, 4) is 22.6 Å². The molecule has 1 fully saturated rings. The quantitative estimate of drug-likeness (QED) is 0.221. The molecule has 0 aromatic heterocycles. The van der Waals surface area contributed by atoms with Gasteiger partial charge in [-0.2, -0.15) is 8.78 Å². The number of benzene rings is 2. The van der Waals surface area contributed by atoms with E-state index in [0.29, 0.717) is 5.75 Å². The molecule has 5 heteroatoms. The smallest absolute Gasteiger partial charge is 0.387 e. The number of halogens is 2. The largest absolute Gasteiger partial charge is 0.435 e. The number of carbonyl (C=O) groups excluding carboxylic acids is 1. The molecule has 1 saturated carbocycles. The van der Waals surface area contributed by atoms with Gasteiger partial charge in [0, 0.05) is 0 Å². The summed E-state index contributed by atoms with van der Waals surface area (Å²) in [5.74, 6) is 1.28. The standard InChI is InChI=1S/C26H32F2O3/c1-2-3-4-5-6-19-7-9-22(10-8-19)25(29)30-23-15-11-20(12-16-23)21-13-17-24(18-14-21)31-26(27)28/h11-19,22,26H,2-10H2,1H3/t19-,22-. The Bertz CT molecular complexity index is 794. The molecule has 0 saturated heterocycles. The maximum atomic E-state index is 12.6. The number of hydrogen-bond acceptors (Lipinski definition) is 3. The Hall–Kier alpha value is -2.43. The van der Waals surface area contributed by atoms with Crippen molar-refractivity contribution in [2.45, 2.75) is 71.3 Å². The van der Waals surface area contributed by atoms with Gasteiger partial charge in [-0.05, 0) is 67.0 Å². The summed E-state index contributed by atoms with van der Waals surface area (Å²) >= 11 is 0. The van der Waals surface area contributed by atoms with Crippen LogP contribution in [0, 0.1) is 11.8 Å². The van der Waals surface area contributed by atoms with Gasteiger partial charge < -0.3 is 9.47 Å². The van der Waals surface area contributed by atoms with E-state index in [-0.39, 0.29) is 17.6 Å². The van der Waals surface area contributed by atoms with Crippen molar-refractivity contribution in [1.82, 2.24) is 0 Å². The lowest BCUT2D eigenvalue weighted by Gasteiger charge is -2.27. The molecule has 3 rings (SSSR count). The molecule has 3 nitrogen and oxygen atoms in total. The van der Waals surface area contributed by atoms with Crippen LogP contribution >= 0.6 is 0 Å². The minimum atomic E-state index is -2.83. The Morgan fingerprint density at radius 1 is 0.871 bits per heavy atom. The van der Waals surface area contributed by atoms with E-state index in [1.807, 2.05) is 12.1 Å². The highest BCUT2D eigenvalue weighted by Crippen LogP contribution is 2.33. The minimum absolute atomic E-state index is 0.00560. The van der Waals surface area contributed by atoms with Crippen LogP contribution in [-0.2, 0) is 4.79 Å². The first-order valence-electron chi connectivity index (χ1n) is 11.4. The maximum absolute atomic E-state index is 12.6. The summed E-state index contributed by atoms with van der Waals surface area (Å²) in [6, 6.07) is 13.7. The molecule has 0 spiro atoms. The van der Waals surface area contributed by atoms with Gasteiger partial charge in [-0.1, -0.05) is 63.3 Å². The molecule has 0 atom stereocenters. The first kappa shape index (κ1) is 23.2. The third-order valence-corrected chi connectivity index (χ3v) is 6.13. The van der Waals surface area contributed by atoms with Gasteiger partial charge in [-0.3, -0.25) is 4.79 Å². The molecule has 0 amide bonds. The van der Waals surface area contributed by atoms with E-state index in [1.54, 1.807) is 24.3 Å². The lowest BCUT2D eigenvalue weighted by molar-refractivity contribution is -0.140. The van der Waals surface area contributed by atoms with Gasteiger partial charge in [-0.25, -0.2) is 0 Å². The molecule has 0 heterocycles. The first-order valence-corrected chi connectivity index (χ1v) is 11.4. The molecule has 0 aliphatic heterocycles. The van der Waals surface area contributed by atoms with Crippen LogP contribution in [-0.4, -0.2) is 12.6 Å². The number of carbonyl (C=O) groups is 1. The molecule has 2 aromatic rings. The van der Waals surface area contributed by atoms with E-state index < -0.39 is 6.61 Å². The molecule has 0 bridgehead atoms. The number of esters is 1. The summed E-state index contributed by atoms with van der Waals surface area (Å²) in [6.45, 7) is -0.601. The number of hydrogen-bond donors (Lipinski definition) is 0. The highest BCUT2D eigenvalue weighted by Gasteiger charge is 2.27. The van der Waals surface area contributed by atoms with Crippen molar-refractivity contribution in [3.63, 3.8) is 0 Å². The summed E-state index contributed by atoms with van der Waals surface area (Å²) in [6.07, 6.45) is 10.6. The minimum Gasteiger partial charge on any atom is -0.435 e. The average Bonchev–Trinajstić information content (AvgIpc) is 2.78. The zero-order valence-corrected chi connectivity index (χ0v) is 18.2. The van der Waals surface area contributed by atoms with E-state index in [1.165, 1.54) is 44.2 Å². The maximum Gasteiger partial charge on any atom is 0.387 e. The van der Waals surface area contributed by atoms with Crippen LogP contribution in [0.3, 0.4) is 0 Å². The molecule has 31 heavy (non-hydrogen) atoms. The van der Waals surface area contributed by atoms with Crippen LogP contribution in [0.5, 0.6) is 11.5 Å². The molecule has 1 aliphatic rings. The van der Waals surface area contributed by atoms with Crippen LogP contribution < -0.4 is 9.47 Å². The molecular formula is C26H32F2O3. The van der Waals surface area contributed by atoms with Crippen molar-refractivity contribution < 1.29 is 23.0 Å². The molecule has 1 aliphatic carbocycles. The fourth-order valence-electron chi connectivity index (χ4n) is 4.29. The number of alkyl halides is 2. The second-order valence-corrected chi connectivity index (χ2v) is 8.42. The van der Waals surface area contributed by atoms with Gasteiger partial charge >= 0.3 is 12.6 Å². The second kappa shape index (κ2) is 11.8. The fourth-order valence-corrected chi connectivity index (χ4v) is 4.29. The second-order valence-electron chi connectivity index (χ2n) is 8.42. The molecule has 0 N–H and O–H groups in total. The zero-order valence-electron chi connectivity index (χ0n) is 18.2. The SMILES string of the molecule is CCCCCC[C@H]1CC[C@H](C(=O)Oc2ccc(-c3ccc(OC(F)F)cc3)cc2)CC1. The van der Waals surface area contributed by atoms with Gasteiger partial charge in [0.25, 0.3) is 0 Å². The Balaban J connectivity index is 1.46. The van der Waals surface area contributed by atoms with E-state index in [0.717, 1.165) is 42.7 Å². The predicted octanol–water partition coefficient (Wildman–Crippen LogP) is 7.64. The Kier molecular flexibility index (Phi) is 8.86. The third kappa shape index (κ3) is 7.34. The van der Waals surface area contributed by atoms with Crippen LogP contribution in [0.25, 0.3) is 11.1 Å². The van der Waals surface area contributed by atoms with E-state index in [4.69, 9.17) is 4.74 Å². The normalized spacial score (nSPS) is 18.7. The molecule has 2 aromatic carbocycles. The van der Waals surface area contributed by atoms with Crippen LogP contribution in [0.15, 0.2) is 48.5 Å². The Morgan fingerprint density at radius 2 is 1.45 bits per heavy atom. The average molecular weight is 431 g/mol. The van der Waals surface area contributed by atoms with Crippen LogP contribution in [0.2, 0.25) is 0 Å². The number of rotatable bonds is 10.